The Bertz CT molecular complexity index is 480. The van der Waals surface area contributed by atoms with E-state index in [9.17, 15) is 4.79 Å². The van der Waals surface area contributed by atoms with Gasteiger partial charge in [-0.2, -0.15) is 5.26 Å². The molecule has 0 aromatic heterocycles. The number of carbonyl (C=O) groups excluding carboxylic acids is 1. The lowest BCUT2D eigenvalue weighted by molar-refractivity contribution is -0.123. The van der Waals surface area contributed by atoms with Crippen molar-refractivity contribution in [1.29, 1.82) is 5.26 Å². The Kier molecular flexibility index (Phi) is 5.14. The molecule has 0 spiro atoms. The van der Waals surface area contributed by atoms with Crippen LogP contribution in [0, 0.1) is 17.2 Å². The Morgan fingerprint density at radius 3 is 2.85 bits per heavy atom. The van der Waals surface area contributed by atoms with Crippen LogP contribution in [0.2, 0.25) is 0 Å². The summed E-state index contributed by atoms with van der Waals surface area (Å²) in [5.41, 5.74) is 7.12. The molecule has 1 aromatic carbocycles. The molecule has 1 aliphatic rings. The van der Waals surface area contributed by atoms with E-state index in [0.29, 0.717) is 6.42 Å². The Labute approximate surface area is 120 Å². The largest absolute Gasteiger partial charge is 0.351 e. The van der Waals surface area contributed by atoms with Gasteiger partial charge in [-0.15, -0.1) is 0 Å². The molecule has 0 radical (unpaired) electrons. The van der Waals surface area contributed by atoms with Crippen LogP contribution in [0.3, 0.4) is 0 Å². The standard InChI is InChI=1S/C16H21N3O/c17-11-13-7-4-8-15(13)19-16(20)14(18)10-9-12-5-2-1-3-6-12/h1-3,5-6,13-15H,4,7-10,18H2,(H,19,20). The zero-order valence-corrected chi connectivity index (χ0v) is 11.6. The van der Waals surface area contributed by atoms with Gasteiger partial charge in [0.05, 0.1) is 18.0 Å². The molecule has 0 aliphatic heterocycles. The van der Waals surface area contributed by atoms with Gasteiger partial charge in [0.1, 0.15) is 0 Å². The van der Waals surface area contributed by atoms with Crippen molar-refractivity contribution in [2.24, 2.45) is 11.7 Å². The van der Waals surface area contributed by atoms with Gasteiger partial charge >= 0.3 is 0 Å². The summed E-state index contributed by atoms with van der Waals surface area (Å²) in [5.74, 6) is -0.187. The number of rotatable bonds is 5. The summed E-state index contributed by atoms with van der Waals surface area (Å²) in [7, 11) is 0. The zero-order chi connectivity index (χ0) is 14.4. The molecule has 3 atom stereocenters. The number of amides is 1. The average Bonchev–Trinajstić information content (AvgIpc) is 2.93. The molecule has 4 nitrogen and oxygen atoms in total. The van der Waals surface area contributed by atoms with E-state index in [-0.39, 0.29) is 17.9 Å². The lowest BCUT2D eigenvalue weighted by atomic mass is 10.0. The number of carbonyl (C=O) groups is 1. The lowest BCUT2D eigenvalue weighted by Crippen LogP contribution is -2.46. The highest BCUT2D eigenvalue weighted by molar-refractivity contribution is 5.81. The topological polar surface area (TPSA) is 78.9 Å². The highest BCUT2D eigenvalue weighted by Gasteiger charge is 2.29. The van der Waals surface area contributed by atoms with Crippen LogP contribution < -0.4 is 11.1 Å². The number of nitrogens with zero attached hydrogens (tertiary/aromatic N) is 1. The van der Waals surface area contributed by atoms with E-state index < -0.39 is 6.04 Å². The number of aryl methyl sites for hydroxylation is 1. The Morgan fingerprint density at radius 2 is 2.15 bits per heavy atom. The van der Waals surface area contributed by atoms with Crippen molar-refractivity contribution < 1.29 is 4.79 Å². The van der Waals surface area contributed by atoms with Gasteiger partial charge < -0.3 is 11.1 Å². The molecular formula is C16H21N3O. The molecule has 3 N–H and O–H groups in total. The Hall–Kier alpha value is -1.86. The van der Waals surface area contributed by atoms with Crippen LogP contribution in [0.15, 0.2) is 30.3 Å². The number of nitriles is 1. The van der Waals surface area contributed by atoms with Crippen molar-refractivity contribution in [2.45, 2.75) is 44.2 Å². The summed E-state index contributed by atoms with van der Waals surface area (Å²) in [6.07, 6.45) is 4.18. The van der Waals surface area contributed by atoms with Gasteiger partial charge in [0.15, 0.2) is 0 Å². The van der Waals surface area contributed by atoms with Crippen molar-refractivity contribution in [3.05, 3.63) is 35.9 Å². The fourth-order valence-electron chi connectivity index (χ4n) is 2.68. The fraction of sp³-hybridized carbons (Fsp3) is 0.500. The molecule has 0 bridgehead atoms. The Morgan fingerprint density at radius 1 is 1.40 bits per heavy atom. The van der Waals surface area contributed by atoms with E-state index in [2.05, 4.69) is 11.4 Å². The van der Waals surface area contributed by atoms with Crippen LogP contribution in [0.5, 0.6) is 0 Å². The first-order valence-electron chi connectivity index (χ1n) is 7.20. The predicted molar refractivity (Wildman–Crippen MR) is 77.6 cm³/mol. The van der Waals surface area contributed by atoms with Crippen molar-refractivity contribution in [3.63, 3.8) is 0 Å². The minimum Gasteiger partial charge on any atom is -0.351 e. The van der Waals surface area contributed by atoms with Crippen LogP contribution in [-0.2, 0) is 11.2 Å². The van der Waals surface area contributed by atoms with Gasteiger partial charge in [-0.1, -0.05) is 30.3 Å². The summed E-state index contributed by atoms with van der Waals surface area (Å²) in [6.45, 7) is 0. The molecule has 4 heteroatoms. The third kappa shape index (κ3) is 3.82. The van der Waals surface area contributed by atoms with Crippen LogP contribution in [-0.4, -0.2) is 18.0 Å². The summed E-state index contributed by atoms with van der Waals surface area (Å²) < 4.78 is 0. The number of hydrogen-bond acceptors (Lipinski definition) is 3. The third-order valence-electron chi connectivity index (χ3n) is 3.93. The third-order valence-corrected chi connectivity index (χ3v) is 3.93. The van der Waals surface area contributed by atoms with Crippen molar-refractivity contribution in [2.75, 3.05) is 0 Å². The molecule has 1 fully saturated rings. The average molecular weight is 271 g/mol. The van der Waals surface area contributed by atoms with Crippen LogP contribution >= 0.6 is 0 Å². The molecule has 1 saturated carbocycles. The fourth-order valence-corrected chi connectivity index (χ4v) is 2.68. The first-order valence-corrected chi connectivity index (χ1v) is 7.20. The van der Waals surface area contributed by atoms with Crippen LogP contribution in [0.4, 0.5) is 0 Å². The lowest BCUT2D eigenvalue weighted by Gasteiger charge is -2.19. The summed E-state index contributed by atoms with van der Waals surface area (Å²) in [4.78, 5) is 12.0. The molecule has 1 aromatic rings. The second-order valence-electron chi connectivity index (χ2n) is 5.41. The molecule has 106 valence electrons. The predicted octanol–water partition coefficient (Wildman–Crippen LogP) is 1.75. The summed E-state index contributed by atoms with van der Waals surface area (Å²) in [5, 5.41) is 11.9. The van der Waals surface area contributed by atoms with E-state index in [4.69, 9.17) is 11.0 Å². The maximum Gasteiger partial charge on any atom is 0.237 e. The number of nitrogens with two attached hydrogens (primary N) is 1. The second kappa shape index (κ2) is 7.06. The monoisotopic (exact) mass is 271 g/mol. The zero-order valence-electron chi connectivity index (χ0n) is 11.6. The maximum atomic E-state index is 12.0. The van der Waals surface area contributed by atoms with Gasteiger partial charge in [0.25, 0.3) is 0 Å². The van der Waals surface area contributed by atoms with E-state index in [1.165, 1.54) is 5.56 Å². The smallest absolute Gasteiger partial charge is 0.237 e. The van der Waals surface area contributed by atoms with Crippen molar-refractivity contribution >= 4 is 5.91 Å². The van der Waals surface area contributed by atoms with Crippen molar-refractivity contribution in [1.82, 2.24) is 5.32 Å². The minimum absolute atomic E-state index is 0.0183. The number of benzene rings is 1. The van der Waals surface area contributed by atoms with Crippen LogP contribution in [0.1, 0.15) is 31.2 Å². The van der Waals surface area contributed by atoms with Gasteiger partial charge in [-0.05, 0) is 37.7 Å². The molecule has 0 heterocycles. The molecule has 3 unspecified atom stereocenters. The maximum absolute atomic E-state index is 12.0. The molecule has 1 aliphatic carbocycles. The first-order chi connectivity index (χ1) is 9.70. The number of nitrogens with one attached hydrogen (secondary N) is 1. The number of hydrogen-bond donors (Lipinski definition) is 2. The molecule has 1 amide bonds. The van der Waals surface area contributed by atoms with E-state index in [1.807, 2.05) is 30.3 Å². The minimum atomic E-state index is -0.504. The van der Waals surface area contributed by atoms with Gasteiger partial charge in [-0.3, -0.25) is 4.79 Å². The SMILES string of the molecule is N#CC1CCCC1NC(=O)C(N)CCc1ccccc1. The van der Waals surface area contributed by atoms with Crippen LogP contribution in [0.25, 0.3) is 0 Å². The van der Waals surface area contributed by atoms with Crippen molar-refractivity contribution in [3.8, 4) is 6.07 Å². The normalized spacial score (nSPS) is 23.0. The van der Waals surface area contributed by atoms with E-state index in [1.54, 1.807) is 0 Å². The first kappa shape index (κ1) is 14.5. The molecule has 0 saturated heterocycles. The Balaban J connectivity index is 1.79. The van der Waals surface area contributed by atoms with E-state index in [0.717, 1.165) is 25.7 Å². The quantitative estimate of drug-likeness (QED) is 0.856. The van der Waals surface area contributed by atoms with Gasteiger partial charge in [-0.25, -0.2) is 0 Å². The summed E-state index contributed by atoms with van der Waals surface area (Å²) >= 11 is 0. The molecule has 2 rings (SSSR count). The van der Waals surface area contributed by atoms with E-state index >= 15 is 0 Å². The summed E-state index contributed by atoms with van der Waals surface area (Å²) in [6, 6.07) is 11.7. The molecule has 20 heavy (non-hydrogen) atoms. The van der Waals surface area contributed by atoms with Gasteiger partial charge in [0.2, 0.25) is 5.91 Å². The highest BCUT2D eigenvalue weighted by Crippen LogP contribution is 2.24. The van der Waals surface area contributed by atoms with Gasteiger partial charge in [0, 0.05) is 6.04 Å². The molecular weight excluding hydrogens is 250 g/mol. The highest BCUT2D eigenvalue weighted by atomic mass is 16.2. The second-order valence-corrected chi connectivity index (χ2v) is 5.41.